The van der Waals surface area contributed by atoms with E-state index in [4.69, 9.17) is 18.9 Å². The van der Waals surface area contributed by atoms with Gasteiger partial charge in [-0.15, -0.1) is 0 Å². The highest BCUT2D eigenvalue weighted by Gasteiger charge is 2.34. The summed E-state index contributed by atoms with van der Waals surface area (Å²) in [5, 5.41) is 0. The van der Waals surface area contributed by atoms with Crippen molar-refractivity contribution in [3.8, 4) is 16.9 Å². The monoisotopic (exact) mass is 1070 g/mol. The van der Waals surface area contributed by atoms with Gasteiger partial charge in [0.2, 0.25) is 0 Å². The van der Waals surface area contributed by atoms with Crippen LogP contribution in [0.1, 0.15) is 345 Å². The molecule has 77 heavy (non-hydrogen) atoms. The zero-order chi connectivity index (χ0) is 54.6. The van der Waals surface area contributed by atoms with E-state index in [1.807, 2.05) is 30.3 Å². The first-order chi connectivity index (χ1) is 38.1. The lowest BCUT2D eigenvalue weighted by Gasteiger charge is -2.33. The molecule has 2 aromatic rings. The maximum atomic E-state index is 13.5. The lowest BCUT2D eigenvalue weighted by atomic mass is 9.92. The number of rotatable bonds is 60. The number of unbranched alkanes of at least 4 members (excludes halogenated alkanes) is 45. The Morgan fingerprint density at radius 3 is 0.844 bits per heavy atom. The molecule has 0 aromatic heterocycles. The summed E-state index contributed by atoms with van der Waals surface area (Å²) in [5.41, 5.74) is 3.07. The molecule has 0 spiro atoms. The van der Waals surface area contributed by atoms with Crippen LogP contribution >= 0.6 is 0 Å². The molecule has 0 saturated carbocycles. The average Bonchev–Trinajstić information content (AvgIpc) is 3.74. The lowest BCUT2D eigenvalue weighted by molar-refractivity contribution is -0.0893. The molecule has 0 fully saturated rings. The number of ether oxygens (including phenoxy) is 4. The van der Waals surface area contributed by atoms with Crippen molar-refractivity contribution in [2.24, 2.45) is 5.41 Å². The Kier molecular flexibility index (Phi) is 45.5. The van der Waals surface area contributed by atoms with Crippen LogP contribution in [0.25, 0.3) is 11.1 Å². The summed E-state index contributed by atoms with van der Waals surface area (Å²) >= 11 is 0. The van der Waals surface area contributed by atoms with Crippen molar-refractivity contribution in [2.45, 2.75) is 329 Å². The van der Waals surface area contributed by atoms with Crippen molar-refractivity contribution in [2.75, 3.05) is 46.2 Å². The van der Waals surface area contributed by atoms with E-state index in [1.165, 1.54) is 289 Å². The van der Waals surface area contributed by atoms with Gasteiger partial charge in [-0.1, -0.05) is 334 Å². The Balaban J connectivity index is 1.46. The molecule has 0 heterocycles. The van der Waals surface area contributed by atoms with E-state index >= 15 is 0 Å². The zero-order valence-corrected chi connectivity index (χ0v) is 51.5. The Morgan fingerprint density at radius 2 is 0.545 bits per heavy atom. The van der Waals surface area contributed by atoms with Gasteiger partial charge in [-0.3, -0.25) is 4.79 Å². The number of hydrogen-bond acceptors (Lipinski definition) is 5. The van der Waals surface area contributed by atoms with E-state index < -0.39 is 5.41 Å². The molecule has 5 nitrogen and oxygen atoms in total. The summed E-state index contributed by atoms with van der Waals surface area (Å²) in [4.78, 5) is 13.5. The highest BCUT2D eigenvalue weighted by Crippen LogP contribution is 2.38. The molecular weight excluding hydrogens is 945 g/mol. The predicted octanol–water partition coefficient (Wildman–Crippen LogP) is 23.1. The van der Waals surface area contributed by atoms with E-state index in [2.05, 4.69) is 32.9 Å². The van der Waals surface area contributed by atoms with Crippen molar-refractivity contribution >= 4 is 5.78 Å². The second kappa shape index (κ2) is 50.7. The fourth-order valence-electron chi connectivity index (χ4n) is 11.7. The van der Waals surface area contributed by atoms with Crippen LogP contribution in [0.15, 0.2) is 42.5 Å². The maximum absolute atomic E-state index is 13.5. The van der Waals surface area contributed by atoms with Crippen LogP contribution in [0.4, 0.5) is 0 Å². The number of hydrogen-bond donors (Lipinski definition) is 0. The zero-order valence-electron chi connectivity index (χ0n) is 51.5. The van der Waals surface area contributed by atoms with Gasteiger partial charge in [-0.2, -0.15) is 0 Å². The highest BCUT2D eigenvalue weighted by molar-refractivity contribution is 6.21. The van der Waals surface area contributed by atoms with Crippen LogP contribution in [0, 0.1) is 5.41 Å². The van der Waals surface area contributed by atoms with Crippen LogP contribution in [0.2, 0.25) is 0 Å². The fraction of sp³-hybridized carbons (Fsp3) is 0.819. The molecule has 0 N–H and O–H groups in total. The van der Waals surface area contributed by atoms with Crippen molar-refractivity contribution in [3.63, 3.8) is 0 Å². The van der Waals surface area contributed by atoms with Gasteiger partial charge < -0.3 is 18.9 Å². The molecule has 3 rings (SSSR count). The molecule has 0 saturated heterocycles. The summed E-state index contributed by atoms with van der Waals surface area (Å²) in [5.74, 6) is 0.807. The molecule has 0 amide bonds. The number of ketones is 1. The van der Waals surface area contributed by atoms with Gasteiger partial charge in [-0.25, -0.2) is 0 Å². The Hall–Kier alpha value is -2.21. The molecule has 0 atom stereocenters. The summed E-state index contributed by atoms with van der Waals surface area (Å²) in [6.45, 7) is 11.2. The molecular formula is C72H126O5. The van der Waals surface area contributed by atoms with Gasteiger partial charge in [0.15, 0.2) is 5.78 Å². The smallest absolute Gasteiger partial charge is 0.194 e. The number of fused-ring (bicyclic) bond motifs is 3. The van der Waals surface area contributed by atoms with Crippen LogP contribution < -0.4 is 4.74 Å². The van der Waals surface area contributed by atoms with Crippen LogP contribution in [-0.2, 0) is 14.2 Å². The fourth-order valence-corrected chi connectivity index (χ4v) is 11.7. The minimum atomic E-state index is -0.453. The second-order valence-electron chi connectivity index (χ2n) is 24.4. The number of carbonyl (C=O) groups excluding carboxylic acids is 1. The number of benzene rings is 2. The molecule has 1 aliphatic carbocycles. The van der Waals surface area contributed by atoms with Gasteiger partial charge >= 0.3 is 0 Å². The number of carbonyl (C=O) groups is 1. The SMILES string of the molecule is CCCCCCCCCCCCCCCCCCOCC(COCCCCCCCCCCCCCCCCCC)(COCCCCCCCCCCCCCCCCCC)COc1ccc2c(c1)C(=O)c1ccccc1-2. The summed E-state index contributed by atoms with van der Waals surface area (Å²) in [7, 11) is 0. The molecule has 0 bridgehead atoms. The van der Waals surface area contributed by atoms with Gasteiger partial charge in [0.1, 0.15) is 12.4 Å². The topological polar surface area (TPSA) is 54.0 Å². The third-order valence-electron chi connectivity index (χ3n) is 16.9. The van der Waals surface area contributed by atoms with E-state index in [0.717, 1.165) is 67.1 Å². The molecule has 2 aromatic carbocycles. The quantitative estimate of drug-likeness (QED) is 0.0527. The van der Waals surface area contributed by atoms with Crippen molar-refractivity contribution < 1.29 is 23.7 Å². The highest BCUT2D eigenvalue weighted by atomic mass is 16.5. The van der Waals surface area contributed by atoms with Crippen LogP contribution in [0.5, 0.6) is 5.75 Å². The summed E-state index contributed by atoms with van der Waals surface area (Å²) in [6, 6.07) is 14.0. The first kappa shape index (κ1) is 69.1. The second-order valence-corrected chi connectivity index (χ2v) is 24.4. The van der Waals surface area contributed by atoms with Gasteiger partial charge in [-0.05, 0) is 48.6 Å². The molecule has 5 heteroatoms. The van der Waals surface area contributed by atoms with E-state index in [0.29, 0.717) is 26.4 Å². The molecule has 0 aliphatic heterocycles. The van der Waals surface area contributed by atoms with Gasteiger partial charge in [0.25, 0.3) is 0 Å². The molecule has 1 aliphatic rings. The van der Waals surface area contributed by atoms with Crippen molar-refractivity contribution in [1.82, 2.24) is 0 Å². The van der Waals surface area contributed by atoms with Crippen LogP contribution in [-0.4, -0.2) is 52.0 Å². The molecule has 0 unspecified atom stereocenters. The molecule has 444 valence electrons. The van der Waals surface area contributed by atoms with E-state index in [1.54, 1.807) is 0 Å². The van der Waals surface area contributed by atoms with Crippen LogP contribution in [0.3, 0.4) is 0 Å². The third kappa shape index (κ3) is 36.0. The van der Waals surface area contributed by atoms with Crippen molar-refractivity contribution in [3.05, 3.63) is 53.6 Å². The van der Waals surface area contributed by atoms with Gasteiger partial charge in [0.05, 0.1) is 25.2 Å². The Bertz CT molecular complexity index is 1500. The minimum absolute atomic E-state index is 0.0821. The van der Waals surface area contributed by atoms with E-state index in [-0.39, 0.29) is 5.78 Å². The standard InChI is InChI=1S/C72H126O5/c1-4-7-10-13-16-19-22-25-28-31-34-37-40-43-46-51-58-74-62-72(65-77-66-56-57-68-67-54-49-50-55-69(67)71(73)70(68)61-66,63-75-59-52-47-44-41-38-35-32-29-26-23-20-17-14-11-8-5-2)64-76-60-53-48-45-42-39-36-33-30-27-24-21-18-15-12-9-6-3/h49-50,54-57,61H,4-48,51-53,58-60,62-65H2,1-3H3. The summed E-state index contributed by atoms with van der Waals surface area (Å²) < 4.78 is 26.6. The Labute approximate surface area is 478 Å². The van der Waals surface area contributed by atoms with Gasteiger partial charge in [0, 0.05) is 30.9 Å². The van der Waals surface area contributed by atoms with Crippen molar-refractivity contribution in [1.29, 1.82) is 0 Å². The normalized spacial score (nSPS) is 12.3. The largest absolute Gasteiger partial charge is 0.493 e. The average molecular weight is 1070 g/mol. The Morgan fingerprint density at radius 1 is 0.286 bits per heavy atom. The third-order valence-corrected chi connectivity index (χ3v) is 16.9. The first-order valence-corrected chi connectivity index (χ1v) is 34.3. The lowest BCUT2D eigenvalue weighted by Crippen LogP contribution is -2.43. The minimum Gasteiger partial charge on any atom is -0.493 e. The first-order valence-electron chi connectivity index (χ1n) is 34.3. The van der Waals surface area contributed by atoms with E-state index in [9.17, 15) is 4.79 Å². The molecule has 0 radical (unpaired) electrons. The predicted molar refractivity (Wildman–Crippen MR) is 334 cm³/mol. The maximum Gasteiger partial charge on any atom is 0.194 e. The summed E-state index contributed by atoms with van der Waals surface area (Å²) in [6.07, 6.45) is 65.6.